The van der Waals surface area contributed by atoms with E-state index < -0.39 is 0 Å². The Labute approximate surface area is 115 Å². The summed E-state index contributed by atoms with van der Waals surface area (Å²) in [4.78, 5) is 4.20. The summed E-state index contributed by atoms with van der Waals surface area (Å²) in [6.45, 7) is -0.228. The third-order valence-electron chi connectivity index (χ3n) is 2.41. The number of hydrogen-bond acceptors (Lipinski definition) is 3. The number of aliphatic hydroxyl groups excluding tert-OH is 1. The molecule has 0 spiro atoms. The lowest BCUT2D eigenvalue weighted by Crippen LogP contribution is -1.91. The normalized spacial score (nSPS) is 10.1. The van der Waals surface area contributed by atoms with E-state index in [1.165, 1.54) is 23.9 Å². The number of aromatic nitrogens is 2. The summed E-state index contributed by atoms with van der Waals surface area (Å²) in [5.74, 6) is 5.53. The molecule has 0 radical (unpaired) electrons. The molecule has 1 N–H and O–H groups in total. The van der Waals surface area contributed by atoms with Gasteiger partial charge in [0.05, 0.1) is 0 Å². The van der Waals surface area contributed by atoms with Crippen LogP contribution in [-0.4, -0.2) is 21.3 Å². The highest BCUT2D eigenvalue weighted by Gasteiger charge is 2.03. The number of nitrogens with zero attached hydrogens (tertiary/aromatic N) is 2. The lowest BCUT2D eigenvalue weighted by atomic mass is 10.1. The van der Waals surface area contributed by atoms with Crippen LogP contribution in [0.3, 0.4) is 0 Å². The molecule has 3 nitrogen and oxygen atoms in total. The molecule has 0 bridgehead atoms. The monoisotopic (exact) mass is 276 g/mol. The van der Waals surface area contributed by atoms with E-state index in [0.717, 1.165) is 10.7 Å². The SMILES string of the molecule is Cn1ccnc1SCc1cc(F)cc(C#CCO)c1. The minimum Gasteiger partial charge on any atom is -0.384 e. The number of rotatable bonds is 3. The van der Waals surface area contributed by atoms with Crippen LogP contribution in [0.2, 0.25) is 0 Å². The van der Waals surface area contributed by atoms with Crippen molar-refractivity contribution in [2.24, 2.45) is 7.05 Å². The van der Waals surface area contributed by atoms with Gasteiger partial charge in [-0.25, -0.2) is 9.37 Å². The van der Waals surface area contributed by atoms with Crippen LogP contribution in [0.4, 0.5) is 4.39 Å². The van der Waals surface area contributed by atoms with E-state index >= 15 is 0 Å². The van der Waals surface area contributed by atoms with E-state index in [9.17, 15) is 4.39 Å². The first-order valence-electron chi connectivity index (χ1n) is 5.68. The average molecular weight is 276 g/mol. The van der Waals surface area contributed by atoms with Crippen molar-refractivity contribution in [2.45, 2.75) is 10.9 Å². The van der Waals surface area contributed by atoms with Gasteiger partial charge in [-0.3, -0.25) is 0 Å². The Balaban J connectivity index is 2.12. The first kappa shape index (κ1) is 13.7. The van der Waals surface area contributed by atoms with Gasteiger partial charge in [0.25, 0.3) is 0 Å². The standard InChI is InChI=1S/C14H13FN2OS/c1-17-5-4-16-14(17)19-10-12-7-11(3-2-6-18)8-13(15)9-12/h4-5,7-9,18H,6,10H2,1H3. The minimum absolute atomic E-state index is 0.228. The molecule has 0 unspecified atom stereocenters. The molecule has 0 aliphatic rings. The number of benzene rings is 1. The summed E-state index contributed by atoms with van der Waals surface area (Å²) in [5, 5.41) is 9.52. The van der Waals surface area contributed by atoms with Crippen LogP contribution >= 0.6 is 11.8 Å². The molecule has 0 fully saturated rings. The first-order chi connectivity index (χ1) is 9.19. The van der Waals surface area contributed by atoms with E-state index in [4.69, 9.17) is 5.11 Å². The zero-order valence-corrected chi connectivity index (χ0v) is 11.2. The average Bonchev–Trinajstić information content (AvgIpc) is 2.79. The fraction of sp³-hybridized carbons (Fsp3) is 0.214. The fourth-order valence-corrected chi connectivity index (χ4v) is 2.45. The van der Waals surface area contributed by atoms with Gasteiger partial charge in [0.15, 0.2) is 5.16 Å². The molecule has 5 heteroatoms. The molecule has 98 valence electrons. The highest BCUT2D eigenvalue weighted by molar-refractivity contribution is 7.98. The lowest BCUT2D eigenvalue weighted by molar-refractivity contribution is 0.350. The van der Waals surface area contributed by atoms with Gasteiger partial charge in [-0.2, -0.15) is 0 Å². The number of hydrogen-bond donors (Lipinski definition) is 1. The molecule has 2 rings (SSSR count). The molecule has 1 aromatic carbocycles. The number of imidazole rings is 1. The van der Waals surface area contributed by atoms with Crippen molar-refractivity contribution in [1.82, 2.24) is 9.55 Å². The topological polar surface area (TPSA) is 38.0 Å². The molecule has 0 amide bonds. The molecule has 0 saturated carbocycles. The third-order valence-corrected chi connectivity index (χ3v) is 3.54. The number of aliphatic hydroxyl groups is 1. The summed E-state index contributed by atoms with van der Waals surface area (Å²) in [5.41, 5.74) is 1.42. The van der Waals surface area contributed by atoms with Crippen LogP contribution in [0.1, 0.15) is 11.1 Å². The van der Waals surface area contributed by atoms with Crippen LogP contribution in [-0.2, 0) is 12.8 Å². The zero-order valence-electron chi connectivity index (χ0n) is 10.4. The van der Waals surface area contributed by atoms with E-state index in [1.807, 2.05) is 23.9 Å². The van der Waals surface area contributed by atoms with Crippen molar-refractivity contribution in [3.63, 3.8) is 0 Å². The van der Waals surface area contributed by atoms with Crippen molar-refractivity contribution in [2.75, 3.05) is 6.61 Å². The van der Waals surface area contributed by atoms with E-state index in [2.05, 4.69) is 16.8 Å². The van der Waals surface area contributed by atoms with Crippen molar-refractivity contribution in [3.8, 4) is 11.8 Å². The highest BCUT2D eigenvalue weighted by atomic mass is 32.2. The van der Waals surface area contributed by atoms with Gasteiger partial charge in [0, 0.05) is 30.8 Å². The first-order valence-corrected chi connectivity index (χ1v) is 6.67. The molecule has 0 atom stereocenters. The van der Waals surface area contributed by atoms with E-state index in [0.29, 0.717) is 11.3 Å². The quantitative estimate of drug-likeness (QED) is 0.690. The fourth-order valence-electron chi connectivity index (χ4n) is 1.59. The van der Waals surface area contributed by atoms with Crippen LogP contribution in [0.15, 0.2) is 35.7 Å². The second-order valence-corrected chi connectivity index (χ2v) is 4.86. The predicted octanol–water partition coefficient (Wildman–Crippen LogP) is 2.20. The van der Waals surface area contributed by atoms with Crippen LogP contribution < -0.4 is 0 Å². The van der Waals surface area contributed by atoms with Crippen molar-refractivity contribution < 1.29 is 9.50 Å². The molecular formula is C14H13FN2OS. The molecule has 0 aliphatic carbocycles. The van der Waals surface area contributed by atoms with Crippen LogP contribution in [0.5, 0.6) is 0 Å². The summed E-state index contributed by atoms with van der Waals surface area (Å²) < 4.78 is 15.4. The van der Waals surface area contributed by atoms with Crippen molar-refractivity contribution in [1.29, 1.82) is 0 Å². The second-order valence-electron chi connectivity index (χ2n) is 3.92. The maximum Gasteiger partial charge on any atom is 0.167 e. The molecule has 2 aromatic rings. The molecule has 1 heterocycles. The summed E-state index contributed by atoms with van der Waals surface area (Å²) in [6, 6.07) is 4.67. The highest BCUT2D eigenvalue weighted by Crippen LogP contribution is 2.21. The third kappa shape index (κ3) is 3.85. The largest absolute Gasteiger partial charge is 0.384 e. The Bertz CT molecular complexity index is 628. The van der Waals surface area contributed by atoms with Crippen LogP contribution in [0, 0.1) is 17.7 Å². The maximum absolute atomic E-state index is 13.4. The van der Waals surface area contributed by atoms with Gasteiger partial charge < -0.3 is 9.67 Å². The van der Waals surface area contributed by atoms with Gasteiger partial charge in [0.2, 0.25) is 0 Å². The molecule has 1 aromatic heterocycles. The summed E-state index contributed by atoms with van der Waals surface area (Å²) >= 11 is 1.54. The Hall–Kier alpha value is -1.77. The summed E-state index contributed by atoms with van der Waals surface area (Å²) in [6.07, 6.45) is 3.60. The Morgan fingerprint density at radius 1 is 1.42 bits per heavy atom. The number of aryl methyl sites for hydroxylation is 1. The van der Waals surface area contributed by atoms with Crippen molar-refractivity contribution >= 4 is 11.8 Å². The lowest BCUT2D eigenvalue weighted by Gasteiger charge is -2.03. The second kappa shape index (κ2) is 6.41. The van der Waals surface area contributed by atoms with Gasteiger partial charge in [-0.15, -0.1) is 0 Å². The number of thioether (sulfide) groups is 1. The van der Waals surface area contributed by atoms with E-state index in [-0.39, 0.29) is 12.4 Å². The van der Waals surface area contributed by atoms with Gasteiger partial charge in [-0.1, -0.05) is 23.6 Å². The Morgan fingerprint density at radius 3 is 2.95 bits per heavy atom. The molecule has 0 aliphatic heterocycles. The molecular weight excluding hydrogens is 263 g/mol. The Kier molecular flexibility index (Phi) is 4.61. The molecule has 0 saturated heterocycles. The number of halogens is 1. The van der Waals surface area contributed by atoms with Gasteiger partial charge in [0.1, 0.15) is 12.4 Å². The van der Waals surface area contributed by atoms with Gasteiger partial charge in [-0.05, 0) is 23.8 Å². The van der Waals surface area contributed by atoms with Crippen LogP contribution in [0.25, 0.3) is 0 Å². The minimum atomic E-state index is -0.319. The molecule has 19 heavy (non-hydrogen) atoms. The smallest absolute Gasteiger partial charge is 0.167 e. The van der Waals surface area contributed by atoms with Gasteiger partial charge >= 0.3 is 0 Å². The summed E-state index contributed by atoms with van der Waals surface area (Å²) in [7, 11) is 1.92. The van der Waals surface area contributed by atoms with Crippen molar-refractivity contribution in [3.05, 3.63) is 47.5 Å². The maximum atomic E-state index is 13.4. The van der Waals surface area contributed by atoms with E-state index in [1.54, 1.807) is 6.20 Å². The zero-order chi connectivity index (χ0) is 13.7. The predicted molar refractivity (Wildman–Crippen MR) is 73.1 cm³/mol. The Morgan fingerprint density at radius 2 is 2.26 bits per heavy atom.